The summed E-state index contributed by atoms with van der Waals surface area (Å²) in [6, 6.07) is 13.1. The zero-order chi connectivity index (χ0) is 18.7. The molecule has 3 amide bonds. The summed E-state index contributed by atoms with van der Waals surface area (Å²) in [4.78, 5) is 48.9. The first-order valence-electron chi connectivity index (χ1n) is 7.62. The molecule has 0 aromatic heterocycles. The van der Waals surface area contributed by atoms with Gasteiger partial charge in [0.25, 0.3) is 17.7 Å². The topological polar surface area (TPSA) is 92.8 Å². The second kappa shape index (κ2) is 7.49. The van der Waals surface area contributed by atoms with Crippen molar-refractivity contribution in [2.45, 2.75) is 0 Å². The highest BCUT2D eigenvalue weighted by atomic mass is 79.9. The molecule has 0 aliphatic carbocycles. The summed E-state index contributed by atoms with van der Waals surface area (Å²) >= 11 is 3.26. The molecule has 3 rings (SSSR count). The Bertz CT molecular complexity index is 877. The fourth-order valence-electron chi connectivity index (χ4n) is 2.43. The number of carbonyl (C=O) groups excluding carboxylic acids is 4. The monoisotopic (exact) mass is 416 g/mol. The Morgan fingerprint density at radius 1 is 1.00 bits per heavy atom. The van der Waals surface area contributed by atoms with Gasteiger partial charge in [0.05, 0.1) is 11.1 Å². The standard InChI is InChI=1S/C18H13BrN2O5/c19-12-5-3-4-11(8-12)16(23)20-9-15(22)26-10-21-17(24)13-6-1-2-7-14(13)18(21)25/h1-8H,9-10H2,(H,20,23). The van der Waals surface area contributed by atoms with Crippen molar-refractivity contribution in [2.75, 3.05) is 13.3 Å². The summed E-state index contributed by atoms with van der Waals surface area (Å²) in [7, 11) is 0. The van der Waals surface area contributed by atoms with Gasteiger partial charge in [0, 0.05) is 10.0 Å². The number of ether oxygens (including phenoxy) is 1. The quantitative estimate of drug-likeness (QED) is 0.594. The van der Waals surface area contributed by atoms with Crippen molar-refractivity contribution < 1.29 is 23.9 Å². The Morgan fingerprint density at radius 2 is 1.65 bits per heavy atom. The molecule has 7 nitrogen and oxygen atoms in total. The zero-order valence-corrected chi connectivity index (χ0v) is 15.0. The van der Waals surface area contributed by atoms with Crippen LogP contribution in [0.15, 0.2) is 53.0 Å². The maximum atomic E-state index is 12.1. The maximum absolute atomic E-state index is 12.1. The fraction of sp³-hybridized carbons (Fsp3) is 0.111. The molecule has 26 heavy (non-hydrogen) atoms. The normalized spacial score (nSPS) is 12.7. The number of nitrogens with one attached hydrogen (secondary N) is 1. The zero-order valence-electron chi connectivity index (χ0n) is 13.4. The number of hydrogen-bond donors (Lipinski definition) is 1. The van der Waals surface area contributed by atoms with Gasteiger partial charge in [-0.25, -0.2) is 4.90 Å². The van der Waals surface area contributed by atoms with E-state index in [-0.39, 0.29) is 17.7 Å². The van der Waals surface area contributed by atoms with Crippen LogP contribution < -0.4 is 5.32 Å². The average molecular weight is 417 g/mol. The molecule has 0 saturated heterocycles. The fourth-order valence-corrected chi connectivity index (χ4v) is 2.83. The summed E-state index contributed by atoms with van der Waals surface area (Å²) in [5.74, 6) is -2.23. The summed E-state index contributed by atoms with van der Waals surface area (Å²) in [6.07, 6.45) is 0. The van der Waals surface area contributed by atoms with Gasteiger partial charge in [0.2, 0.25) is 0 Å². The van der Waals surface area contributed by atoms with E-state index >= 15 is 0 Å². The molecule has 8 heteroatoms. The number of nitrogens with zero attached hydrogens (tertiary/aromatic N) is 1. The number of imide groups is 1. The average Bonchev–Trinajstić information content (AvgIpc) is 2.89. The lowest BCUT2D eigenvalue weighted by molar-refractivity contribution is -0.145. The van der Waals surface area contributed by atoms with Crippen LogP contribution in [0.5, 0.6) is 0 Å². The lowest BCUT2D eigenvalue weighted by Crippen LogP contribution is -2.36. The predicted molar refractivity (Wildman–Crippen MR) is 94.4 cm³/mol. The highest BCUT2D eigenvalue weighted by Gasteiger charge is 2.35. The van der Waals surface area contributed by atoms with Crippen LogP contribution in [0.4, 0.5) is 0 Å². The molecule has 132 valence electrons. The van der Waals surface area contributed by atoms with Gasteiger partial charge in [-0.1, -0.05) is 34.1 Å². The van der Waals surface area contributed by atoms with Crippen LogP contribution in [0.3, 0.4) is 0 Å². The molecule has 0 saturated carbocycles. The van der Waals surface area contributed by atoms with Gasteiger partial charge in [-0.05, 0) is 30.3 Å². The number of amides is 3. The summed E-state index contributed by atoms with van der Waals surface area (Å²) in [5.41, 5.74) is 0.931. The number of fused-ring (bicyclic) bond motifs is 1. The highest BCUT2D eigenvalue weighted by Crippen LogP contribution is 2.22. The third-order valence-corrected chi connectivity index (χ3v) is 4.21. The molecule has 0 atom stereocenters. The molecule has 2 aromatic rings. The van der Waals surface area contributed by atoms with E-state index in [0.717, 1.165) is 9.37 Å². The van der Waals surface area contributed by atoms with Crippen molar-refractivity contribution in [3.63, 3.8) is 0 Å². The molecular formula is C18H13BrN2O5. The maximum Gasteiger partial charge on any atom is 0.327 e. The Morgan fingerprint density at radius 3 is 2.27 bits per heavy atom. The van der Waals surface area contributed by atoms with Crippen molar-refractivity contribution >= 4 is 39.6 Å². The Hall–Kier alpha value is -3.00. The van der Waals surface area contributed by atoms with E-state index in [2.05, 4.69) is 21.2 Å². The first kappa shape index (κ1) is 17.8. The Balaban J connectivity index is 1.51. The van der Waals surface area contributed by atoms with Gasteiger partial charge in [0.15, 0.2) is 6.73 Å². The molecule has 1 heterocycles. The van der Waals surface area contributed by atoms with Gasteiger partial charge < -0.3 is 10.1 Å². The van der Waals surface area contributed by atoms with E-state index in [0.29, 0.717) is 5.56 Å². The molecule has 0 fully saturated rings. The predicted octanol–water partition coefficient (Wildman–Crippen LogP) is 1.98. The van der Waals surface area contributed by atoms with Crippen molar-refractivity contribution in [1.82, 2.24) is 10.2 Å². The second-order valence-corrected chi connectivity index (χ2v) is 6.34. The van der Waals surface area contributed by atoms with Crippen molar-refractivity contribution in [1.29, 1.82) is 0 Å². The third kappa shape index (κ3) is 3.65. The lowest BCUT2D eigenvalue weighted by atomic mass is 10.1. The number of carbonyl (C=O) groups is 4. The number of halogens is 1. The van der Waals surface area contributed by atoms with Gasteiger partial charge in [-0.3, -0.25) is 19.2 Å². The minimum atomic E-state index is -0.759. The first-order valence-corrected chi connectivity index (χ1v) is 8.41. The van der Waals surface area contributed by atoms with Crippen LogP contribution in [0.1, 0.15) is 31.1 Å². The van der Waals surface area contributed by atoms with E-state index in [9.17, 15) is 19.2 Å². The molecule has 0 unspecified atom stereocenters. The van der Waals surface area contributed by atoms with E-state index in [1.165, 1.54) is 12.1 Å². The molecule has 1 aliphatic rings. The SMILES string of the molecule is O=C(CNC(=O)c1cccc(Br)c1)OCN1C(=O)c2ccccc2C1=O. The van der Waals surface area contributed by atoms with Crippen LogP contribution in [0, 0.1) is 0 Å². The number of esters is 1. The van der Waals surface area contributed by atoms with E-state index in [1.807, 2.05) is 0 Å². The smallest absolute Gasteiger partial charge is 0.327 e. The van der Waals surface area contributed by atoms with Crippen LogP contribution in [0.2, 0.25) is 0 Å². The number of rotatable bonds is 5. The Labute approximate surface area is 157 Å². The summed E-state index contributed by atoms with van der Waals surface area (Å²) < 4.78 is 5.66. The molecule has 0 spiro atoms. The van der Waals surface area contributed by atoms with Crippen molar-refractivity contribution in [3.8, 4) is 0 Å². The van der Waals surface area contributed by atoms with Crippen LogP contribution in [-0.4, -0.2) is 41.9 Å². The molecule has 0 bridgehead atoms. The van der Waals surface area contributed by atoms with E-state index in [4.69, 9.17) is 4.74 Å². The molecule has 0 radical (unpaired) electrons. The number of benzene rings is 2. The van der Waals surface area contributed by atoms with Crippen LogP contribution in [-0.2, 0) is 9.53 Å². The summed E-state index contributed by atoms with van der Waals surface area (Å²) in [6.45, 7) is -0.882. The molecule has 1 N–H and O–H groups in total. The lowest BCUT2D eigenvalue weighted by Gasteiger charge is -2.14. The van der Waals surface area contributed by atoms with Crippen LogP contribution >= 0.6 is 15.9 Å². The first-order chi connectivity index (χ1) is 12.5. The minimum Gasteiger partial charge on any atom is -0.442 e. The molecule has 2 aromatic carbocycles. The second-order valence-electron chi connectivity index (χ2n) is 5.42. The largest absolute Gasteiger partial charge is 0.442 e. The van der Waals surface area contributed by atoms with E-state index in [1.54, 1.807) is 36.4 Å². The van der Waals surface area contributed by atoms with Gasteiger partial charge in [0.1, 0.15) is 6.54 Å². The van der Waals surface area contributed by atoms with Crippen LogP contribution in [0.25, 0.3) is 0 Å². The summed E-state index contributed by atoms with van der Waals surface area (Å²) in [5, 5.41) is 2.42. The number of hydrogen-bond acceptors (Lipinski definition) is 5. The van der Waals surface area contributed by atoms with Gasteiger partial charge >= 0.3 is 5.97 Å². The Kier molecular flexibility index (Phi) is 5.13. The molecule has 1 aliphatic heterocycles. The highest BCUT2D eigenvalue weighted by molar-refractivity contribution is 9.10. The minimum absolute atomic E-state index is 0.275. The van der Waals surface area contributed by atoms with Gasteiger partial charge in [-0.15, -0.1) is 0 Å². The van der Waals surface area contributed by atoms with Gasteiger partial charge in [-0.2, -0.15) is 0 Å². The van der Waals surface area contributed by atoms with Crippen molar-refractivity contribution in [2.24, 2.45) is 0 Å². The third-order valence-electron chi connectivity index (χ3n) is 3.71. The molecular weight excluding hydrogens is 404 g/mol. The van der Waals surface area contributed by atoms with Crippen molar-refractivity contribution in [3.05, 3.63) is 69.7 Å². The van der Waals surface area contributed by atoms with E-state index < -0.39 is 30.4 Å².